The number of ether oxygens (including phenoxy) is 1. The lowest BCUT2D eigenvalue weighted by atomic mass is 10.2. The van der Waals surface area contributed by atoms with Crippen LogP contribution in [0.5, 0.6) is 0 Å². The molecule has 0 saturated heterocycles. The summed E-state index contributed by atoms with van der Waals surface area (Å²) in [6.45, 7) is 2.70. The van der Waals surface area contributed by atoms with Gasteiger partial charge in [0.25, 0.3) is 0 Å². The molecule has 0 amide bonds. The summed E-state index contributed by atoms with van der Waals surface area (Å²) in [6, 6.07) is 9.57. The highest BCUT2D eigenvalue weighted by atomic mass is 32.2. The number of thioether (sulfide) groups is 1. The van der Waals surface area contributed by atoms with E-state index in [-0.39, 0.29) is 5.30 Å². The largest absolute Gasteiger partial charge is 0.457 e. The molecule has 0 atom stereocenters. The summed E-state index contributed by atoms with van der Waals surface area (Å²) < 4.78 is 5.12. The van der Waals surface area contributed by atoms with Crippen LogP contribution >= 0.6 is 11.8 Å². The van der Waals surface area contributed by atoms with Gasteiger partial charge in [-0.05, 0) is 30.3 Å². The molecule has 1 rings (SSSR count). The molecule has 0 aliphatic carbocycles. The van der Waals surface area contributed by atoms with Crippen LogP contribution in [0.2, 0.25) is 0 Å². The molecular formula is C13H18O2S. The molecule has 0 unspecified atom stereocenters. The highest BCUT2D eigenvalue weighted by Crippen LogP contribution is 2.19. The highest BCUT2D eigenvalue weighted by Gasteiger charge is 2.04. The third-order valence-corrected chi connectivity index (χ3v) is 2.95. The summed E-state index contributed by atoms with van der Waals surface area (Å²) in [7, 11) is 0. The third-order valence-electron chi connectivity index (χ3n) is 2.16. The number of unbranched alkanes of at least 4 members (excludes halogenated alkanes) is 3. The number of carbonyl (C=O) groups excluding carboxylic acids is 1. The summed E-state index contributed by atoms with van der Waals surface area (Å²) in [6.07, 6.45) is 4.52. The van der Waals surface area contributed by atoms with E-state index in [1.807, 2.05) is 30.3 Å². The van der Waals surface area contributed by atoms with E-state index in [2.05, 4.69) is 6.92 Å². The molecule has 0 saturated carbocycles. The van der Waals surface area contributed by atoms with Gasteiger partial charge in [0.1, 0.15) is 0 Å². The van der Waals surface area contributed by atoms with Crippen molar-refractivity contribution in [2.45, 2.75) is 37.5 Å². The fraction of sp³-hybridized carbons (Fsp3) is 0.462. The molecule has 0 bridgehead atoms. The Morgan fingerprint density at radius 2 is 1.94 bits per heavy atom. The molecule has 1 aromatic carbocycles. The number of hydrogen-bond donors (Lipinski definition) is 0. The first-order valence-corrected chi connectivity index (χ1v) is 6.54. The molecule has 0 spiro atoms. The maximum atomic E-state index is 11.4. The standard InChI is InChI=1S/C13H18O2S/c1-2-3-4-8-11-15-13(14)16-12-9-6-5-7-10-12/h5-7,9-10H,2-4,8,11H2,1H3. The number of benzene rings is 1. The van der Waals surface area contributed by atoms with Crippen molar-refractivity contribution in [2.24, 2.45) is 0 Å². The molecule has 1 aromatic rings. The van der Waals surface area contributed by atoms with Gasteiger partial charge >= 0.3 is 5.30 Å². The second-order valence-corrected chi connectivity index (χ2v) is 4.58. The predicted molar refractivity (Wildman–Crippen MR) is 67.8 cm³/mol. The normalized spacial score (nSPS) is 10.1. The molecule has 0 aliphatic rings. The lowest BCUT2D eigenvalue weighted by Gasteiger charge is -2.03. The van der Waals surface area contributed by atoms with E-state index >= 15 is 0 Å². The lowest BCUT2D eigenvalue weighted by molar-refractivity contribution is 0.172. The molecule has 0 radical (unpaired) electrons. The summed E-state index contributed by atoms with van der Waals surface area (Å²) in [5.41, 5.74) is 0. The monoisotopic (exact) mass is 238 g/mol. The minimum absolute atomic E-state index is 0.206. The van der Waals surface area contributed by atoms with Crippen molar-refractivity contribution in [3.63, 3.8) is 0 Å². The molecule has 88 valence electrons. The Bertz CT molecular complexity index is 298. The van der Waals surface area contributed by atoms with E-state index < -0.39 is 0 Å². The van der Waals surface area contributed by atoms with Gasteiger partial charge in [0.05, 0.1) is 6.61 Å². The van der Waals surface area contributed by atoms with Crippen LogP contribution in [-0.4, -0.2) is 11.9 Å². The molecule has 0 fully saturated rings. The average molecular weight is 238 g/mol. The number of rotatable bonds is 6. The van der Waals surface area contributed by atoms with Crippen molar-refractivity contribution in [1.29, 1.82) is 0 Å². The zero-order valence-corrected chi connectivity index (χ0v) is 10.5. The van der Waals surface area contributed by atoms with Gasteiger partial charge in [-0.15, -0.1) is 0 Å². The second-order valence-electron chi connectivity index (χ2n) is 3.57. The van der Waals surface area contributed by atoms with Crippen LogP contribution in [0.1, 0.15) is 32.6 Å². The molecule has 0 aliphatic heterocycles. The van der Waals surface area contributed by atoms with Crippen LogP contribution in [0.3, 0.4) is 0 Å². The number of carbonyl (C=O) groups is 1. The SMILES string of the molecule is CCCCCCOC(=O)Sc1ccccc1. The van der Waals surface area contributed by atoms with Gasteiger partial charge in [-0.2, -0.15) is 0 Å². The minimum Gasteiger partial charge on any atom is -0.457 e. The van der Waals surface area contributed by atoms with Gasteiger partial charge in [-0.25, -0.2) is 4.79 Å². The highest BCUT2D eigenvalue weighted by molar-refractivity contribution is 8.13. The average Bonchev–Trinajstić information content (AvgIpc) is 2.30. The van der Waals surface area contributed by atoms with Crippen molar-refractivity contribution in [1.82, 2.24) is 0 Å². The lowest BCUT2D eigenvalue weighted by Crippen LogP contribution is -1.99. The zero-order valence-electron chi connectivity index (χ0n) is 9.65. The Kier molecular flexibility index (Phi) is 6.74. The van der Waals surface area contributed by atoms with E-state index in [0.717, 1.165) is 29.5 Å². The van der Waals surface area contributed by atoms with E-state index in [4.69, 9.17) is 4.74 Å². The minimum atomic E-state index is -0.206. The summed E-state index contributed by atoms with van der Waals surface area (Å²) >= 11 is 1.15. The van der Waals surface area contributed by atoms with Crippen molar-refractivity contribution in [3.05, 3.63) is 30.3 Å². The van der Waals surface area contributed by atoms with Crippen molar-refractivity contribution >= 4 is 17.1 Å². The Morgan fingerprint density at radius 1 is 1.19 bits per heavy atom. The molecule has 0 heterocycles. The van der Waals surface area contributed by atoms with Gasteiger partial charge in [-0.1, -0.05) is 44.4 Å². The summed E-state index contributed by atoms with van der Waals surface area (Å²) in [5.74, 6) is 0. The fourth-order valence-electron chi connectivity index (χ4n) is 1.30. The van der Waals surface area contributed by atoms with Crippen LogP contribution in [0.4, 0.5) is 4.79 Å². The third kappa shape index (κ3) is 5.81. The molecular weight excluding hydrogens is 220 g/mol. The second kappa shape index (κ2) is 8.22. The number of hydrogen-bond acceptors (Lipinski definition) is 3. The maximum Gasteiger partial charge on any atom is 0.372 e. The predicted octanol–water partition coefficient (Wildman–Crippen LogP) is 4.50. The Labute approximate surface area is 101 Å². The van der Waals surface area contributed by atoms with Crippen LogP contribution in [0.25, 0.3) is 0 Å². The molecule has 0 N–H and O–H groups in total. The quantitative estimate of drug-likeness (QED) is 0.415. The first-order valence-electron chi connectivity index (χ1n) is 5.72. The fourth-order valence-corrected chi connectivity index (χ4v) is 1.93. The van der Waals surface area contributed by atoms with Gasteiger partial charge < -0.3 is 4.74 Å². The van der Waals surface area contributed by atoms with Crippen LogP contribution < -0.4 is 0 Å². The van der Waals surface area contributed by atoms with Crippen LogP contribution in [0, 0.1) is 0 Å². The van der Waals surface area contributed by atoms with E-state index in [9.17, 15) is 4.79 Å². The summed E-state index contributed by atoms with van der Waals surface area (Å²) in [4.78, 5) is 12.3. The van der Waals surface area contributed by atoms with Crippen molar-refractivity contribution in [2.75, 3.05) is 6.61 Å². The first-order chi connectivity index (χ1) is 7.83. The van der Waals surface area contributed by atoms with Crippen LogP contribution in [-0.2, 0) is 4.74 Å². The van der Waals surface area contributed by atoms with E-state index in [0.29, 0.717) is 6.61 Å². The maximum absolute atomic E-state index is 11.4. The van der Waals surface area contributed by atoms with E-state index in [1.54, 1.807) is 0 Å². The summed E-state index contributed by atoms with van der Waals surface area (Å²) in [5, 5.41) is -0.206. The molecule has 16 heavy (non-hydrogen) atoms. The first kappa shape index (κ1) is 13.1. The van der Waals surface area contributed by atoms with Gasteiger partial charge in [0, 0.05) is 4.90 Å². The Morgan fingerprint density at radius 3 is 2.62 bits per heavy atom. The Hall–Kier alpha value is -0.960. The van der Waals surface area contributed by atoms with Gasteiger partial charge in [0.2, 0.25) is 0 Å². The molecule has 2 nitrogen and oxygen atoms in total. The van der Waals surface area contributed by atoms with Gasteiger partial charge in [0.15, 0.2) is 0 Å². The van der Waals surface area contributed by atoms with Gasteiger partial charge in [-0.3, -0.25) is 0 Å². The van der Waals surface area contributed by atoms with Crippen LogP contribution in [0.15, 0.2) is 35.2 Å². The van der Waals surface area contributed by atoms with E-state index in [1.165, 1.54) is 12.8 Å². The Balaban J connectivity index is 2.12. The van der Waals surface area contributed by atoms with Crippen molar-refractivity contribution in [3.8, 4) is 0 Å². The smallest absolute Gasteiger partial charge is 0.372 e. The van der Waals surface area contributed by atoms with Crippen molar-refractivity contribution < 1.29 is 9.53 Å². The molecule has 0 aromatic heterocycles. The topological polar surface area (TPSA) is 26.3 Å². The molecule has 3 heteroatoms. The zero-order chi connectivity index (χ0) is 11.6.